The van der Waals surface area contributed by atoms with Crippen LogP contribution in [0.2, 0.25) is 0 Å². The normalized spacial score (nSPS) is 32.4. The Bertz CT molecular complexity index is 377. The molecular formula is C14H17BrO. The quantitative estimate of drug-likeness (QED) is 0.741. The summed E-state index contributed by atoms with van der Waals surface area (Å²) < 4.78 is 5.74. The van der Waals surface area contributed by atoms with Gasteiger partial charge in [0.1, 0.15) is 5.75 Å². The first-order valence-corrected chi connectivity index (χ1v) is 7.10. The van der Waals surface area contributed by atoms with E-state index in [1.54, 1.807) is 0 Å². The molecule has 0 spiro atoms. The van der Waals surface area contributed by atoms with E-state index < -0.39 is 0 Å². The van der Waals surface area contributed by atoms with Crippen LogP contribution in [0.25, 0.3) is 0 Å². The molecule has 2 heteroatoms. The molecule has 1 heterocycles. The first kappa shape index (κ1) is 10.6. The number of rotatable bonds is 2. The number of alkyl halides is 1. The summed E-state index contributed by atoms with van der Waals surface area (Å²) >= 11 is 3.73. The molecule has 1 aromatic rings. The van der Waals surface area contributed by atoms with Crippen molar-refractivity contribution in [3.8, 4) is 5.75 Å². The van der Waals surface area contributed by atoms with Gasteiger partial charge in [0, 0.05) is 16.3 Å². The summed E-state index contributed by atoms with van der Waals surface area (Å²) in [5.41, 5.74) is 1.43. The Balaban J connectivity index is 1.69. The minimum Gasteiger partial charge on any atom is -0.493 e. The first-order chi connectivity index (χ1) is 7.83. The van der Waals surface area contributed by atoms with Gasteiger partial charge in [-0.1, -0.05) is 34.1 Å². The summed E-state index contributed by atoms with van der Waals surface area (Å²) in [7, 11) is 0. The van der Waals surface area contributed by atoms with Gasteiger partial charge in [0.05, 0.1) is 6.61 Å². The summed E-state index contributed by atoms with van der Waals surface area (Å²) in [6.45, 7) is 0.892. The fourth-order valence-electron chi connectivity index (χ4n) is 3.05. The lowest BCUT2D eigenvalue weighted by Gasteiger charge is -2.14. The van der Waals surface area contributed by atoms with Crippen LogP contribution in [0.3, 0.4) is 0 Å². The molecule has 2 aliphatic rings. The van der Waals surface area contributed by atoms with Crippen LogP contribution in [0.4, 0.5) is 0 Å². The Morgan fingerprint density at radius 3 is 2.94 bits per heavy atom. The zero-order valence-corrected chi connectivity index (χ0v) is 10.9. The van der Waals surface area contributed by atoms with E-state index in [1.165, 1.54) is 31.2 Å². The lowest BCUT2D eigenvalue weighted by Crippen LogP contribution is -2.07. The van der Waals surface area contributed by atoms with E-state index in [9.17, 15) is 0 Å². The van der Waals surface area contributed by atoms with Crippen LogP contribution in [0.5, 0.6) is 5.75 Å². The summed E-state index contributed by atoms with van der Waals surface area (Å²) in [6, 6.07) is 8.51. The standard InChI is InChI=1S/C14H17BrO/c15-12-6-5-10(8-12)7-11-9-16-14-4-2-1-3-13(11)14/h1-4,10-12H,5-9H2. The van der Waals surface area contributed by atoms with Crippen LogP contribution < -0.4 is 4.74 Å². The van der Waals surface area contributed by atoms with E-state index in [1.807, 2.05) is 0 Å². The molecule has 3 rings (SSSR count). The summed E-state index contributed by atoms with van der Waals surface area (Å²) in [6.07, 6.45) is 5.38. The largest absolute Gasteiger partial charge is 0.493 e. The number of benzene rings is 1. The van der Waals surface area contributed by atoms with E-state index in [4.69, 9.17) is 4.74 Å². The second-order valence-corrected chi connectivity index (χ2v) is 6.35. The van der Waals surface area contributed by atoms with Crippen molar-refractivity contribution in [1.82, 2.24) is 0 Å². The highest BCUT2D eigenvalue weighted by Crippen LogP contribution is 2.42. The minimum atomic E-state index is 0.638. The van der Waals surface area contributed by atoms with Gasteiger partial charge in [-0.3, -0.25) is 0 Å². The topological polar surface area (TPSA) is 9.23 Å². The number of ether oxygens (including phenoxy) is 1. The van der Waals surface area contributed by atoms with Gasteiger partial charge in [0.25, 0.3) is 0 Å². The predicted octanol–water partition coefficient (Wildman–Crippen LogP) is 4.12. The second kappa shape index (κ2) is 4.40. The molecule has 0 saturated heterocycles. The van der Waals surface area contributed by atoms with Crippen LogP contribution in [0, 0.1) is 5.92 Å². The maximum atomic E-state index is 5.74. The molecule has 0 N–H and O–H groups in total. The summed E-state index contributed by atoms with van der Waals surface area (Å²) in [5.74, 6) is 2.64. The smallest absolute Gasteiger partial charge is 0.122 e. The van der Waals surface area contributed by atoms with E-state index in [0.717, 1.165) is 23.1 Å². The monoisotopic (exact) mass is 280 g/mol. The highest BCUT2D eigenvalue weighted by atomic mass is 79.9. The third-order valence-electron chi connectivity index (χ3n) is 3.89. The fourth-order valence-corrected chi connectivity index (χ4v) is 3.85. The summed E-state index contributed by atoms with van der Waals surface area (Å²) in [5, 5.41) is 0. The third kappa shape index (κ3) is 2.00. The zero-order chi connectivity index (χ0) is 11.0. The number of fused-ring (bicyclic) bond motifs is 1. The minimum absolute atomic E-state index is 0.638. The van der Waals surface area contributed by atoms with Crippen molar-refractivity contribution in [2.24, 2.45) is 5.92 Å². The van der Waals surface area contributed by atoms with Gasteiger partial charge < -0.3 is 4.74 Å². The maximum Gasteiger partial charge on any atom is 0.122 e. The van der Waals surface area contributed by atoms with E-state index in [0.29, 0.717) is 5.92 Å². The van der Waals surface area contributed by atoms with Crippen LogP contribution in [-0.2, 0) is 0 Å². The number of hydrogen-bond acceptors (Lipinski definition) is 1. The van der Waals surface area contributed by atoms with Crippen molar-refractivity contribution in [2.75, 3.05) is 6.61 Å². The van der Waals surface area contributed by atoms with E-state index in [2.05, 4.69) is 40.2 Å². The van der Waals surface area contributed by atoms with E-state index in [-0.39, 0.29) is 0 Å². The Morgan fingerprint density at radius 2 is 2.12 bits per heavy atom. The Hall–Kier alpha value is -0.500. The highest BCUT2D eigenvalue weighted by Gasteiger charge is 2.30. The number of hydrogen-bond donors (Lipinski definition) is 0. The van der Waals surface area contributed by atoms with Crippen LogP contribution in [0.1, 0.15) is 37.2 Å². The van der Waals surface area contributed by atoms with Crippen molar-refractivity contribution in [1.29, 1.82) is 0 Å². The van der Waals surface area contributed by atoms with Crippen LogP contribution in [0.15, 0.2) is 24.3 Å². The van der Waals surface area contributed by atoms with Crippen molar-refractivity contribution in [3.05, 3.63) is 29.8 Å². The van der Waals surface area contributed by atoms with Crippen LogP contribution in [-0.4, -0.2) is 11.4 Å². The molecule has 16 heavy (non-hydrogen) atoms. The molecule has 86 valence electrons. The average Bonchev–Trinajstić information content (AvgIpc) is 2.87. The van der Waals surface area contributed by atoms with Gasteiger partial charge in [-0.05, 0) is 37.7 Å². The SMILES string of the molecule is BrC1CCC(CC2COc3ccccc32)C1. The fraction of sp³-hybridized carbons (Fsp3) is 0.571. The zero-order valence-electron chi connectivity index (χ0n) is 9.36. The molecule has 1 aliphatic heterocycles. The molecule has 1 saturated carbocycles. The van der Waals surface area contributed by atoms with E-state index >= 15 is 0 Å². The molecule has 3 atom stereocenters. The predicted molar refractivity (Wildman–Crippen MR) is 69.4 cm³/mol. The molecule has 1 aliphatic carbocycles. The van der Waals surface area contributed by atoms with Gasteiger partial charge in [-0.15, -0.1) is 0 Å². The molecule has 0 aromatic heterocycles. The van der Waals surface area contributed by atoms with Gasteiger partial charge in [0.15, 0.2) is 0 Å². The number of halogens is 1. The molecule has 1 nitrogen and oxygen atoms in total. The Morgan fingerprint density at radius 1 is 1.25 bits per heavy atom. The van der Waals surface area contributed by atoms with Gasteiger partial charge in [-0.2, -0.15) is 0 Å². The first-order valence-electron chi connectivity index (χ1n) is 6.18. The molecule has 0 radical (unpaired) electrons. The van der Waals surface area contributed by atoms with Gasteiger partial charge in [0.2, 0.25) is 0 Å². The lowest BCUT2D eigenvalue weighted by molar-refractivity contribution is 0.307. The molecular weight excluding hydrogens is 264 g/mol. The Kier molecular flexibility index (Phi) is 2.93. The molecule has 0 bridgehead atoms. The van der Waals surface area contributed by atoms with Crippen molar-refractivity contribution >= 4 is 15.9 Å². The lowest BCUT2D eigenvalue weighted by atomic mass is 9.89. The second-order valence-electron chi connectivity index (χ2n) is 5.06. The highest BCUT2D eigenvalue weighted by molar-refractivity contribution is 9.09. The number of para-hydroxylation sites is 1. The molecule has 0 amide bonds. The van der Waals surface area contributed by atoms with Crippen molar-refractivity contribution < 1.29 is 4.74 Å². The third-order valence-corrected chi connectivity index (χ3v) is 4.73. The maximum absolute atomic E-state index is 5.74. The van der Waals surface area contributed by atoms with Crippen molar-refractivity contribution in [2.45, 2.75) is 36.4 Å². The van der Waals surface area contributed by atoms with Crippen LogP contribution >= 0.6 is 15.9 Å². The van der Waals surface area contributed by atoms with Gasteiger partial charge in [-0.25, -0.2) is 0 Å². The Labute approximate surface area is 105 Å². The molecule has 1 fully saturated rings. The van der Waals surface area contributed by atoms with Crippen molar-refractivity contribution in [3.63, 3.8) is 0 Å². The summed E-state index contributed by atoms with van der Waals surface area (Å²) in [4.78, 5) is 0.759. The molecule has 3 unspecified atom stereocenters. The van der Waals surface area contributed by atoms with Gasteiger partial charge >= 0.3 is 0 Å². The molecule has 1 aromatic carbocycles. The average molecular weight is 281 g/mol.